The van der Waals surface area contributed by atoms with Gasteiger partial charge in [-0.3, -0.25) is 14.4 Å². The molecule has 162 valence electrons. The lowest BCUT2D eigenvalue weighted by Crippen LogP contribution is -2.40. The number of fused-ring (bicyclic) bond motifs is 1. The number of benzene rings is 2. The lowest BCUT2D eigenvalue weighted by molar-refractivity contribution is -0.130. The summed E-state index contributed by atoms with van der Waals surface area (Å²) in [6, 6.07) is 10.5. The monoisotopic (exact) mass is 423 g/mol. The van der Waals surface area contributed by atoms with Crippen molar-refractivity contribution in [2.75, 3.05) is 17.2 Å². The van der Waals surface area contributed by atoms with Crippen LogP contribution < -0.4 is 16.0 Å². The van der Waals surface area contributed by atoms with Crippen LogP contribution in [0.3, 0.4) is 0 Å². The average Bonchev–Trinajstić information content (AvgIpc) is 2.74. The number of para-hydroxylation sites is 1. The first-order chi connectivity index (χ1) is 14.7. The molecule has 1 aliphatic heterocycles. The van der Waals surface area contributed by atoms with E-state index in [9.17, 15) is 19.2 Å². The predicted octanol–water partition coefficient (Wildman–Crippen LogP) is 2.49. The van der Waals surface area contributed by atoms with Gasteiger partial charge in [-0.15, -0.1) is 0 Å². The van der Waals surface area contributed by atoms with Gasteiger partial charge in [0, 0.05) is 17.8 Å². The van der Waals surface area contributed by atoms with Crippen molar-refractivity contribution in [2.45, 2.75) is 39.7 Å². The number of anilines is 2. The van der Waals surface area contributed by atoms with Crippen molar-refractivity contribution in [3.8, 4) is 0 Å². The fraction of sp³-hybridized carbons (Fsp3) is 0.304. The van der Waals surface area contributed by atoms with E-state index in [0.717, 1.165) is 16.7 Å². The Morgan fingerprint density at radius 3 is 2.52 bits per heavy atom. The molecule has 0 bridgehead atoms. The third-order valence-electron chi connectivity index (χ3n) is 5.06. The predicted molar refractivity (Wildman–Crippen MR) is 116 cm³/mol. The quantitative estimate of drug-likeness (QED) is 0.618. The number of ether oxygens (including phenoxy) is 1. The molecule has 1 heterocycles. The van der Waals surface area contributed by atoms with Crippen LogP contribution in [0, 0.1) is 13.8 Å². The normalized spacial score (nSPS) is 13.5. The molecule has 0 fully saturated rings. The summed E-state index contributed by atoms with van der Waals surface area (Å²) in [5, 5.41) is 8.00. The van der Waals surface area contributed by atoms with Gasteiger partial charge in [-0.25, -0.2) is 4.79 Å². The molecule has 0 spiro atoms. The molecule has 31 heavy (non-hydrogen) atoms. The zero-order valence-corrected chi connectivity index (χ0v) is 17.7. The second kappa shape index (κ2) is 9.42. The van der Waals surface area contributed by atoms with Crippen LogP contribution in [0.15, 0.2) is 36.4 Å². The van der Waals surface area contributed by atoms with Crippen LogP contribution in [0.25, 0.3) is 0 Å². The smallest absolute Gasteiger partial charge is 0.338 e. The maximum Gasteiger partial charge on any atom is 0.338 e. The molecule has 1 atom stereocenters. The third-order valence-corrected chi connectivity index (χ3v) is 5.06. The van der Waals surface area contributed by atoms with Gasteiger partial charge in [0.05, 0.1) is 12.1 Å². The van der Waals surface area contributed by atoms with Crippen LogP contribution >= 0.6 is 0 Å². The molecule has 2 aromatic carbocycles. The lowest BCUT2D eigenvalue weighted by Gasteiger charge is -2.18. The Hall–Kier alpha value is -3.68. The first kappa shape index (κ1) is 22.0. The molecular formula is C23H25N3O5. The average molecular weight is 423 g/mol. The van der Waals surface area contributed by atoms with Gasteiger partial charge in [-0.05, 0) is 62.1 Å². The van der Waals surface area contributed by atoms with E-state index in [4.69, 9.17) is 4.74 Å². The van der Waals surface area contributed by atoms with Crippen molar-refractivity contribution in [1.82, 2.24) is 5.32 Å². The van der Waals surface area contributed by atoms with Crippen molar-refractivity contribution in [3.63, 3.8) is 0 Å². The first-order valence-corrected chi connectivity index (χ1v) is 10.0. The number of rotatable bonds is 6. The summed E-state index contributed by atoms with van der Waals surface area (Å²) in [5.41, 5.74) is 4.37. The van der Waals surface area contributed by atoms with Crippen molar-refractivity contribution >= 4 is 35.1 Å². The molecule has 0 radical (unpaired) electrons. The van der Waals surface area contributed by atoms with E-state index < -0.39 is 18.0 Å². The number of hydrogen-bond donors (Lipinski definition) is 3. The molecule has 1 unspecified atom stereocenters. The maximum atomic E-state index is 12.4. The summed E-state index contributed by atoms with van der Waals surface area (Å²) in [6.07, 6.45) is -0.182. The second-order valence-corrected chi connectivity index (χ2v) is 7.50. The highest BCUT2D eigenvalue weighted by Crippen LogP contribution is 2.24. The highest BCUT2D eigenvalue weighted by molar-refractivity contribution is 5.98. The molecule has 2 aromatic rings. The Morgan fingerprint density at radius 1 is 1.10 bits per heavy atom. The largest absolute Gasteiger partial charge is 0.449 e. The second-order valence-electron chi connectivity index (χ2n) is 7.50. The van der Waals surface area contributed by atoms with Crippen molar-refractivity contribution < 1.29 is 23.9 Å². The topological polar surface area (TPSA) is 114 Å². The molecule has 0 saturated heterocycles. The molecule has 3 N–H and O–H groups in total. The van der Waals surface area contributed by atoms with Crippen molar-refractivity contribution in [3.05, 3.63) is 58.7 Å². The summed E-state index contributed by atoms with van der Waals surface area (Å²) in [5.74, 6) is -1.66. The van der Waals surface area contributed by atoms with E-state index in [1.165, 1.54) is 13.0 Å². The van der Waals surface area contributed by atoms with E-state index in [1.54, 1.807) is 12.1 Å². The van der Waals surface area contributed by atoms with Gasteiger partial charge in [0.15, 0.2) is 6.10 Å². The Kier molecular flexibility index (Phi) is 6.69. The zero-order chi connectivity index (χ0) is 22.5. The van der Waals surface area contributed by atoms with Crippen molar-refractivity contribution in [2.24, 2.45) is 0 Å². The molecule has 8 nitrogen and oxygen atoms in total. The van der Waals surface area contributed by atoms with Gasteiger partial charge in [-0.1, -0.05) is 18.2 Å². The van der Waals surface area contributed by atoms with E-state index in [-0.39, 0.29) is 18.4 Å². The fourth-order valence-corrected chi connectivity index (χ4v) is 3.30. The minimum atomic E-state index is -1.07. The van der Waals surface area contributed by atoms with Gasteiger partial charge in [0.1, 0.15) is 0 Å². The van der Waals surface area contributed by atoms with Crippen LogP contribution in [-0.2, 0) is 25.5 Å². The van der Waals surface area contributed by atoms with Crippen LogP contribution in [0.5, 0.6) is 0 Å². The van der Waals surface area contributed by atoms with Gasteiger partial charge in [-0.2, -0.15) is 0 Å². The molecule has 8 heteroatoms. The molecule has 0 aromatic heterocycles. The summed E-state index contributed by atoms with van der Waals surface area (Å²) >= 11 is 0. The number of amides is 3. The SMILES string of the molecule is Cc1cccc(C)c1NC(=O)CNC(=O)C(C)OC(=O)c1ccc2c(c1)CCC(=O)N2. The third kappa shape index (κ3) is 5.48. The minimum absolute atomic E-state index is 0.0604. The van der Waals surface area contributed by atoms with Gasteiger partial charge in [0.25, 0.3) is 5.91 Å². The summed E-state index contributed by atoms with van der Waals surface area (Å²) in [6.45, 7) is 4.97. The number of esters is 1. The highest BCUT2D eigenvalue weighted by atomic mass is 16.5. The van der Waals surface area contributed by atoms with Crippen LogP contribution in [0.2, 0.25) is 0 Å². The number of nitrogens with one attached hydrogen (secondary N) is 3. The summed E-state index contributed by atoms with van der Waals surface area (Å²) < 4.78 is 5.23. The van der Waals surface area contributed by atoms with E-state index in [2.05, 4.69) is 16.0 Å². The Labute approximate surface area is 180 Å². The minimum Gasteiger partial charge on any atom is -0.449 e. The number of carbonyl (C=O) groups excluding carboxylic acids is 4. The molecule has 0 saturated carbocycles. The Balaban J connectivity index is 1.51. The highest BCUT2D eigenvalue weighted by Gasteiger charge is 2.22. The molecule has 3 amide bonds. The van der Waals surface area contributed by atoms with E-state index in [1.807, 2.05) is 32.0 Å². The van der Waals surface area contributed by atoms with Crippen molar-refractivity contribution in [1.29, 1.82) is 0 Å². The number of carbonyl (C=O) groups is 4. The lowest BCUT2D eigenvalue weighted by atomic mass is 10.0. The Bertz CT molecular complexity index is 1030. The van der Waals surface area contributed by atoms with Gasteiger partial charge >= 0.3 is 5.97 Å². The Morgan fingerprint density at radius 2 is 1.81 bits per heavy atom. The maximum absolute atomic E-state index is 12.4. The molecular weight excluding hydrogens is 398 g/mol. The van der Waals surface area contributed by atoms with Crippen LogP contribution in [0.1, 0.15) is 40.4 Å². The fourth-order valence-electron chi connectivity index (χ4n) is 3.30. The van der Waals surface area contributed by atoms with E-state index >= 15 is 0 Å². The summed E-state index contributed by atoms with van der Waals surface area (Å²) in [4.78, 5) is 48.3. The number of aryl methyl sites for hydroxylation is 3. The molecule has 3 rings (SSSR count). The summed E-state index contributed by atoms with van der Waals surface area (Å²) in [7, 11) is 0. The van der Waals surface area contributed by atoms with Gasteiger partial charge in [0.2, 0.25) is 11.8 Å². The van der Waals surface area contributed by atoms with Gasteiger partial charge < -0.3 is 20.7 Å². The first-order valence-electron chi connectivity index (χ1n) is 10.0. The van der Waals surface area contributed by atoms with Crippen LogP contribution in [0.4, 0.5) is 11.4 Å². The van der Waals surface area contributed by atoms with E-state index in [0.29, 0.717) is 29.8 Å². The standard InChI is InChI=1S/C23H25N3O5/c1-13-5-4-6-14(2)21(13)26-20(28)12-24-22(29)15(3)31-23(30)17-7-9-18-16(11-17)8-10-19(27)25-18/h4-7,9,11,15H,8,10,12H2,1-3H3,(H,24,29)(H,25,27)(H,26,28). The molecule has 0 aliphatic carbocycles. The zero-order valence-electron chi connectivity index (χ0n) is 17.7. The number of hydrogen-bond acceptors (Lipinski definition) is 5. The molecule has 1 aliphatic rings. The van der Waals surface area contributed by atoms with Crippen LogP contribution in [-0.4, -0.2) is 36.3 Å².